The predicted octanol–water partition coefficient (Wildman–Crippen LogP) is 2.64. The van der Waals surface area contributed by atoms with Gasteiger partial charge in [0.05, 0.1) is 21.3 Å². The highest BCUT2D eigenvalue weighted by molar-refractivity contribution is 5.73. The third kappa shape index (κ3) is 4.28. The molecule has 3 unspecified atom stereocenters. The van der Waals surface area contributed by atoms with E-state index in [4.69, 9.17) is 25.1 Å². The number of hydrogen-bond donors (Lipinski definition) is 2. The zero-order valence-electron chi connectivity index (χ0n) is 14.5. The van der Waals surface area contributed by atoms with Gasteiger partial charge in [-0.05, 0) is 24.3 Å². The molecular weight excluding hydrogens is 298 g/mol. The summed E-state index contributed by atoms with van der Waals surface area (Å²) < 4.78 is 16.2. The summed E-state index contributed by atoms with van der Waals surface area (Å²) in [4.78, 5) is 11.0. The van der Waals surface area contributed by atoms with E-state index in [-0.39, 0.29) is 11.8 Å². The lowest BCUT2D eigenvalue weighted by Crippen LogP contribution is -2.33. The van der Waals surface area contributed by atoms with Crippen LogP contribution in [0.25, 0.3) is 0 Å². The second-order valence-electron chi connectivity index (χ2n) is 5.56. The average Bonchev–Trinajstić information content (AvgIpc) is 2.56. The van der Waals surface area contributed by atoms with Gasteiger partial charge in [-0.2, -0.15) is 0 Å². The van der Waals surface area contributed by atoms with E-state index in [2.05, 4.69) is 0 Å². The molecule has 0 aliphatic rings. The number of carboxylic acids is 1. The third-order valence-corrected chi connectivity index (χ3v) is 4.33. The first-order valence-electron chi connectivity index (χ1n) is 7.68. The molecule has 3 atom stereocenters. The second-order valence-corrected chi connectivity index (χ2v) is 5.56. The Labute approximate surface area is 137 Å². The Morgan fingerprint density at radius 3 is 2.22 bits per heavy atom. The molecule has 6 nitrogen and oxygen atoms in total. The Morgan fingerprint density at radius 1 is 1.17 bits per heavy atom. The summed E-state index contributed by atoms with van der Waals surface area (Å²) in [6.07, 6.45) is 1.23. The molecule has 6 heteroatoms. The van der Waals surface area contributed by atoms with Crippen molar-refractivity contribution < 1.29 is 24.1 Å². The summed E-state index contributed by atoms with van der Waals surface area (Å²) in [5.41, 5.74) is 6.66. The number of carbonyl (C=O) groups is 1. The lowest BCUT2D eigenvalue weighted by atomic mass is 9.81. The Kier molecular flexibility index (Phi) is 7.16. The smallest absolute Gasteiger partial charge is 0.320 e. The number of hydrogen-bond acceptors (Lipinski definition) is 5. The molecular formula is C17H27NO5. The largest absolute Gasteiger partial charge is 0.493 e. The van der Waals surface area contributed by atoms with E-state index in [0.29, 0.717) is 23.7 Å². The minimum Gasteiger partial charge on any atom is -0.493 e. The van der Waals surface area contributed by atoms with Gasteiger partial charge < -0.3 is 25.1 Å². The Bertz CT molecular complexity index is 532. The molecule has 0 radical (unpaired) electrons. The van der Waals surface area contributed by atoms with Gasteiger partial charge >= 0.3 is 5.97 Å². The van der Waals surface area contributed by atoms with Crippen molar-refractivity contribution in [3.63, 3.8) is 0 Å². The van der Waals surface area contributed by atoms with Crippen LogP contribution in [0.15, 0.2) is 12.1 Å². The zero-order chi connectivity index (χ0) is 17.6. The van der Waals surface area contributed by atoms with Gasteiger partial charge in [0, 0.05) is 5.56 Å². The Balaban J connectivity index is 3.19. The van der Waals surface area contributed by atoms with Crippen molar-refractivity contribution in [1.29, 1.82) is 0 Å². The SMILES string of the molecule is CCC(CC(N)C(=O)O)C(C)c1ccc(OC)c(OC)c1OC. The zero-order valence-corrected chi connectivity index (χ0v) is 14.5. The molecule has 0 fully saturated rings. The maximum absolute atomic E-state index is 11.0. The summed E-state index contributed by atoms with van der Waals surface area (Å²) in [6, 6.07) is 2.89. The van der Waals surface area contributed by atoms with E-state index in [0.717, 1.165) is 12.0 Å². The van der Waals surface area contributed by atoms with Gasteiger partial charge in [0.1, 0.15) is 6.04 Å². The molecule has 0 bridgehead atoms. The molecule has 0 saturated heterocycles. The van der Waals surface area contributed by atoms with E-state index in [1.807, 2.05) is 26.0 Å². The molecule has 1 aromatic rings. The molecule has 0 heterocycles. The minimum atomic E-state index is -0.977. The Morgan fingerprint density at radius 2 is 1.78 bits per heavy atom. The van der Waals surface area contributed by atoms with Crippen molar-refractivity contribution in [2.24, 2.45) is 11.7 Å². The molecule has 0 saturated carbocycles. The van der Waals surface area contributed by atoms with Crippen molar-refractivity contribution in [3.05, 3.63) is 17.7 Å². The van der Waals surface area contributed by atoms with Crippen LogP contribution in [0, 0.1) is 5.92 Å². The van der Waals surface area contributed by atoms with Crippen LogP contribution in [0.5, 0.6) is 17.2 Å². The summed E-state index contributed by atoms with van der Waals surface area (Å²) in [7, 11) is 4.71. The van der Waals surface area contributed by atoms with Gasteiger partial charge in [-0.25, -0.2) is 0 Å². The molecule has 0 aliphatic heterocycles. The number of benzene rings is 1. The van der Waals surface area contributed by atoms with Gasteiger partial charge in [-0.1, -0.05) is 26.3 Å². The van der Waals surface area contributed by atoms with E-state index in [1.54, 1.807) is 21.3 Å². The topological polar surface area (TPSA) is 91.0 Å². The fraction of sp³-hybridized carbons (Fsp3) is 0.588. The maximum atomic E-state index is 11.0. The summed E-state index contributed by atoms with van der Waals surface area (Å²) >= 11 is 0. The number of ether oxygens (including phenoxy) is 3. The summed E-state index contributed by atoms with van der Waals surface area (Å²) in [6.45, 7) is 4.08. The lowest BCUT2D eigenvalue weighted by Gasteiger charge is -2.27. The molecule has 1 aromatic carbocycles. The number of carboxylic acid groups (broad SMARTS) is 1. The summed E-state index contributed by atoms with van der Waals surface area (Å²) in [5.74, 6) is 0.956. The van der Waals surface area contributed by atoms with Crippen LogP contribution in [-0.4, -0.2) is 38.4 Å². The van der Waals surface area contributed by atoms with E-state index in [9.17, 15) is 4.79 Å². The molecule has 1 rings (SSSR count). The monoisotopic (exact) mass is 325 g/mol. The summed E-state index contributed by atoms with van der Waals surface area (Å²) in [5, 5.41) is 9.04. The maximum Gasteiger partial charge on any atom is 0.320 e. The van der Waals surface area contributed by atoms with Crippen molar-refractivity contribution >= 4 is 5.97 Å². The molecule has 0 amide bonds. The highest BCUT2D eigenvalue weighted by Gasteiger charge is 2.27. The normalized spacial score (nSPS) is 14.7. The first kappa shape index (κ1) is 19.1. The average molecular weight is 325 g/mol. The molecule has 130 valence electrons. The van der Waals surface area contributed by atoms with Gasteiger partial charge in [0.25, 0.3) is 0 Å². The first-order chi connectivity index (χ1) is 10.9. The van der Waals surface area contributed by atoms with Crippen molar-refractivity contribution in [3.8, 4) is 17.2 Å². The highest BCUT2D eigenvalue weighted by atomic mass is 16.5. The van der Waals surface area contributed by atoms with Crippen LogP contribution in [0.1, 0.15) is 38.2 Å². The van der Waals surface area contributed by atoms with E-state index in [1.165, 1.54) is 0 Å². The van der Waals surface area contributed by atoms with Crippen LogP contribution in [0.4, 0.5) is 0 Å². The number of nitrogens with two attached hydrogens (primary N) is 1. The molecule has 23 heavy (non-hydrogen) atoms. The Hall–Kier alpha value is -1.95. The standard InChI is InChI=1S/C17H27NO5/c1-6-11(9-13(18)17(19)20)10(2)12-7-8-14(21-3)16(23-5)15(12)22-4/h7-8,10-11,13H,6,9,18H2,1-5H3,(H,19,20). The number of rotatable bonds is 9. The van der Waals surface area contributed by atoms with Crippen LogP contribution in [0.3, 0.4) is 0 Å². The van der Waals surface area contributed by atoms with E-state index >= 15 is 0 Å². The van der Waals surface area contributed by atoms with Crippen LogP contribution in [0.2, 0.25) is 0 Å². The number of aliphatic carboxylic acids is 1. The van der Waals surface area contributed by atoms with Crippen molar-refractivity contribution in [2.75, 3.05) is 21.3 Å². The van der Waals surface area contributed by atoms with Gasteiger partial charge in [0.2, 0.25) is 5.75 Å². The van der Waals surface area contributed by atoms with E-state index < -0.39 is 12.0 Å². The van der Waals surface area contributed by atoms with Gasteiger partial charge in [0.15, 0.2) is 11.5 Å². The fourth-order valence-electron chi connectivity index (χ4n) is 2.89. The van der Waals surface area contributed by atoms with Gasteiger partial charge in [-0.3, -0.25) is 4.79 Å². The highest BCUT2D eigenvalue weighted by Crippen LogP contribution is 2.45. The molecule has 0 aromatic heterocycles. The molecule has 0 spiro atoms. The fourth-order valence-corrected chi connectivity index (χ4v) is 2.89. The number of methoxy groups -OCH3 is 3. The third-order valence-electron chi connectivity index (χ3n) is 4.33. The molecule has 3 N–H and O–H groups in total. The van der Waals surface area contributed by atoms with Crippen LogP contribution >= 0.6 is 0 Å². The molecule has 0 aliphatic carbocycles. The van der Waals surface area contributed by atoms with Crippen LogP contribution < -0.4 is 19.9 Å². The van der Waals surface area contributed by atoms with Crippen molar-refractivity contribution in [1.82, 2.24) is 0 Å². The lowest BCUT2D eigenvalue weighted by molar-refractivity contribution is -0.139. The first-order valence-corrected chi connectivity index (χ1v) is 7.68. The predicted molar refractivity (Wildman–Crippen MR) is 88.5 cm³/mol. The minimum absolute atomic E-state index is 0.0696. The second kappa shape index (κ2) is 8.62. The quantitative estimate of drug-likeness (QED) is 0.725. The van der Waals surface area contributed by atoms with Crippen molar-refractivity contribution in [2.45, 2.75) is 38.6 Å². The van der Waals surface area contributed by atoms with Crippen LogP contribution in [-0.2, 0) is 4.79 Å². The van der Waals surface area contributed by atoms with Gasteiger partial charge in [-0.15, -0.1) is 0 Å².